The van der Waals surface area contributed by atoms with Crippen molar-refractivity contribution in [1.29, 1.82) is 0 Å². The second kappa shape index (κ2) is 7.31. The number of hydrogen-bond donors (Lipinski definition) is 2. The number of primary sulfonamides is 1. The van der Waals surface area contributed by atoms with Crippen molar-refractivity contribution in [3.8, 4) is 5.75 Å². The van der Waals surface area contributed by atoms with Crippen molar-refractivity contribution in [2.75, 3.05) is 13.2 Å². The lowest BCUT2D eigenvalue weighted by Crippen LogP contribution is -2.28. The number of hydrogen-bond acceptors (Lipinski definition) is 5. The first-order chi connectivity index (χ1) is 11.2. The molecule has 2 aromatic carbocycles. The maximum absolute atomic E-state index is 12.2. The number of aryl methyl sites for hydroxylation is 1. The Hall–Kier alpha value is -1.94. The van der Waals surface area contributed by atoms with Crippen LogP contribution in [0.2, 0.25) is 0 Å². The van der Waals surface area contributed by atoms with E-state index in [2.05, 4.69) is 4.72 Å². The van der Waals surface area contributed by atoms with Crippen LogP contribution in [-0.2, 0) is 20.0 Å². The van der Waals surface area contributed by atoms with E-state index in [0.29, 0.717) is 5.75 Å². The molecule has 0 amide bonds. The summed E-state index contributed by atoms with van der Waals surface area (Å²) in [5.74, 6) is 0.635. The average molecular weight is 370 g/mol. The Balaban J connectivity index is 1.97. The molecule has 24 heavy (non-hydrogen) atoms. The van der Waals surface area contributed by atoms with Gasteiger partial charge in [-0.2, -0.15) is 0 Å². The summed E-state index contributed by atoms with van der Waals surface area (Å²) in [5, 5.41) is 5.00. The number of benzene rings is 2. The highest BCUT2D eigenvalue weighted by molar-refractivity contribution is 7.90. The van der Waals surface area contributed by atoms with Crippen molar-refractivity contribution >= 4 is 20.0 Å². The van der Waals surface area contributed by atoms with Gasteiger partial charge in [-0.25, -0.2) is 26.7 Å². The van der Waals surface area contributed by atoms with Crippen LogP contribution in [0.1, 0.15) is 5.56 Å². The van der Waals surface area contributed by atoms with Gasteiger partial charge >= 0.3 is 0 Å². The van der Waals surface area contributed by atoms with Crippen LogP contribution in [0.25, 0.3) is 0 Å². The molecule has 0 spiro atoms. The summed E-state index contributed by atoms with van der Waals surface area (Å²) in [6, 6.07) is 12.2. The van der Waals surface area contributed by atoms with Gasteiger partial charge in [-0.15, -0.1) is 0 Å². The highest BCUT2D eigenvalue weighted by atomic mass is 32.2. The summed E-state index contributed by atoms with van der Waals surface area (Å²) < 4.78 is 54.7. The third-order valence-corrected chi connectivity index (χ3v) is 5.50. The molecule has 0 aliphatic heterocycles. The normalized spacial score (nSPS) is 12.1. The average Bonchev–Trinajstić information content (AvgIpc) is 2.53. The molecule has 2 aromatic rings. The SMILES string of the molecule is Cc1ccc(OCCNS(=O)(=O)c2cccc(S(N)(=O)=O)c2)cc1. The maximum atomic E-state index is 12.2. The fourth-order valence-corrected chi connectivity index (χ4v) is 3.57. The molecule has 0 saturated carbocycles. The highest BCUT2D eigenvalue weighted by Crippen LogP contribution is 2.14. The first-order valence-corrected chi connectivity index (χ1v) is 10.0. The van der Waals surface area contributed by atoms with Crippen molar-refractivity contribution < 1.29 is 21.6 Å². The van der Waals surface area contributed by atoms with Gasteiger partial charge in [0, 0.05) is 6.54 Å². The lowest BCUT2D eigenvalue weighted by atomic mass is 10.2. The molecule has 0 heterocycles. The fourth-order valence-electron chi connectivity index (χ4n) is 1.88. The topological polar surface area (TPSA) is 116 Å². The van der Waals surface area contributed by atoms with Crippen LogP contribution in [0.3, 0.4) is 0 Å². The van der Waals surface area contributed by atoms with Crippen molar-refractivity contribution in [1.82, 2.24) is 4.72 Å². The molecule has 2 rings (SSSR count). The Labute approximate surface area is 141 Å². The predicted octanol–water partition coefficient (Wildman–Crippen LogP) is 1.000. The van der Waals surface area contributed by atoms with Crippen molar-refractivity contribution in [2.24, 2.45) is 5.14 Å². The standard InChI is InChI=1S/C15H18N2O5S2/c1-12-5-7-13(8-6-12)22-10-9-17-24(20,21)15-4-2-3-14(11-15)23(16,18)19/h2-8,11,17H,9-10H2,1H3,(H2,16,18,19). The summed E-state index contributed by atoms with van der Waals surface area (Å²) in [7, 11) is -7.82. The van der Waals surface area contributed by atoms with E-state index in [1.54, 1.807) is 12.1 Å². The summed E-state index contributed by atoms with van der Waals surface area (Å²) in [6.07, 6.45) is 0. The number of sulfonamides is 2. The number of nitrogens with one attached hydrogen (secondary N) is 1. The van der Waals surface area contributed by atoms with Gasteiger partial charge in [0.2, 0.25) is 20.0 Å². The van der Waals surface area contributed by atoms with Crippen LogP contribution in [0.5, 0.6) is 5.75 Å². The highest BCUT2D eigenvalue weighted by Gasteiger charge is 2.17. The molecule has 0 aliphatic rings. The molecule has 0 atom stereocenters. The molecule has 0 fully saturated rings. The zero-order valence-electron chi connectivity index (χ0n) is 13.0. The molecular formula is C15H18N2O5S2. The van der Waals surface area contributed by atoms with E-state index in [1.807, 2.05) is 19.1 Å². The van der Waals surface area contributed by atoms with E-state index in [0.717, 1.165) is 11.6 Å². The summed E-state index contributed by atoms with van der Waals surface area (Å²) in [4.78, 5) is -0.439. The third-order valence-electron chi connectivity index (χ3n) is 3.13. The van der Waals surface area contributed by atoms with E-state index in [9.17, 15) is 16.8 Å². The van der Waals surface area contributed by atoms with Crippen LogP contribution in [-0.4, -0.2) is 30.0 Å². The number of nitrogens with two attached hydrogens (primary N) is 1. The number of rotatable bonds is 7. The molecule has 9 heteroatoms. The van der Waals surface area contributed by atoms with Crippen LogP contribution in [0.4, 0.5) is 0 Å². The molecule has 0 radical (unpaired) electrons. The monoisotopic (exact) mass is 370 g/mol. The molecule has 3 N–H and O–H groups in total. The minimum Gasteiger partial charge on any atom is -0.492 e. The predicted molar refractivity (Wildman–Crippen MR) is 89.7 cm³/mol. The van der Waals surface area contributed by atoms with Gasteiger partial charge in [-0.3, -0.25) is 0 Å². The van der Waals surface area contributed by atoms with E-state index >= 15 is 0 Å². The van der Waals surface area contributed by atoms with Crippen LogP contribution >= 0.6 is 0 Å². The Bertz CT molecular complexity index is 907. The third kappa shape index (κ3) is 5.03. The summed E-state index contributed by atoms with van der Waals surface area (Å²) in [6.45, 7) is 2.13. The zero-order chi connectivity index (χ0) is 17.8. The smallest absolute Gasteiger partial charge is 0.240 e. The van der Waals surface area contributed by atoms with Gasteiger partial charge in [0.05, 0.1) is 9.79 Å². The molecule has 0 bridgehead atoms. The van der Waals surface area contributed by atoms with Crippen LogP contribution in [0, 0.1) is 6.92 Å². The van der Waals surface area contributed by atoms with Gasteiger partial charge in [-0.1, -0.05) is 23.8 Å². The van der Waals surface area contributed by atoms with Gasteiger partial charge in [-0.05, 0) is 37.3 Å². The minimum absolute atomic E-state index is 0.0375. The Morgan fingerprint density at radius 2 is 1.62 bits per heavy atom. The molecule has 0 aromatic heterocycles. The van der Waals surface area contributed by atoms with E-state index in [-0.39, 0.29) is 22.9 Å². The Kier molecular flexibility index (Phi) is 5.60. The molecule has 130 valence electrons. The summed E-state index contributed by atoms with van der Waals surface area (Å²) in [5.41, 5.74) is 1.10. The lowest BCUT2D eigenvalue weighted by molar-refractivity contribution is 0.323. The van der Waals surface area contributed by atoms with Gasteiger partial charge in [0.25, 0.3) is 0 Å². The van der Waals surface area contributed by atoms with E-state index in [4.69, 9.17) is 9.88 Å². The lowest BCUT2D eigenvalue weighted by Gasteiger charge is -2.09. The molecular weight excluding hydrogens is 352 g/mol. The second-order valence-corrected chi connectivity index (χ2v) is 8.41. The quantitative estimate of drug-likeness (QED) is 0.706. The largest absolute Gasteiger partial charge is 0.492 e. The maximum Gasteiger partial charge on any atom is 0.240 e. The zero-order valence-corrected chi connectivity index (χ0v) is 14.6. The first kappa shape index (κ1) is 18.4. The molecule has 7 nitrogen and oxygen atoms in total. The minimum atomic E-state index is -3.97. The van der Waals surface area contributed by atoms with E-state index < -0.39 is 20.0 Å². The Morgan fingerprint density at radius 1 is 1.00 bits per heavy atom. The van der Waals surface area contributed by atoms with Gasteiger partial charge in [0.1, 0.15) is 12.4 Å². The number of ether oxygens (including phenoxy) is 1. The van der Waals surface area contributed by atoms with Gasteiger partial charge in [0.15, 0.2) is 0 Å². The molecule has 0 saturated heterocycles. The van der Waals surface area contributed by atoms with E-state index in [1.165, 1.54) is 18.2 Å². The second-order valence-electron chi connectivity index (χ2n) is 5.08. The Morgan fingerprint density at radius 3 is 2.25 bits per heavy atom. The first-order valence-electron chi connectivity index (χ1n) is 7.00. The van der Waals surface area contributed by atoms with Crippen LogP contribution in [0.15, 0.2) is 58.3 Å². The molecule has 0 unspecified atom stereocenters. The van der Waals surface area contributed by atoms with Gasteiger partial charge < -0.3 is 4.74 Å². The van der Waals surface area contributed by atoms with Crippen molar-refractivity contribution in [2.45, 2.75) is 16.7 Å². The van der Waals surface area contributed by atoms with Crippen LogP contribution < -0.4 is 14.6 Å². The van der Waals surface area contributed by atoms with Crippen molar-refractivity contribution in [3.05, 3.63) is 54.1 Å². The molecule has 0 aliphatic carbocycles. The fraction of sp³-hybridized carbons (Fsp3) is 0.200. The van der Waals surface area contributed by atoms with Crippen molar-refractivity contribution in [3.63, 3.8) is 0 Å². The summed E-state index contributed by atoms with van der Waals surface area (Å²) >= 11 is 0.